The second-order valence-corrected chi connectivity index (χ2v) is 8.86. The van der Waals surface area contributed by atoms with Crippen molar-refractivity contribution in [2.24, 2.45) is 5.73 Å². The molecular formula is C19H14Cl2N2O5S. The summed E-state index contributed by atoms with van der Waals surface area (Å²) in [6, 6.07) is 12.9. The lowest BCUT2D eigenvalue weighted by Crippen LogP contribution is -2.35. The van der Waals surface area contributed by atoms with Gasteiger partial charge in [-0.25, -0.2) is 8.42 Å². The van der Waals surface area contributed by atoms with Crippen LogP contribution in [0.1, 0.15) is 10.4 Å². The number of nitrogens with zero attached hydrogens (tertiary/aromatic N) is 1. The molecule has 0 bridgehead atoms. The van der Waals surface area contributed by atoms with Gasteiger partial charge < -0.3 is 10.8 Å². The Labute approximate surface area is 176 Å². The van der Waals surface area contributed by atoms with Crippen LogP contribution in [-0.2, 0) is 14.8 Å². The lowest BCUT2D eigenvalue weighted by molar-refractivity contribution is -0.135. The summed E-state index contributed by atoms with van der Waals surface area (Å²) >= 11 is 11.8. The van der Waals surface area contributed by atoms with Gasteiger partial charge in [0, 0.05) is 15.6 Å². The van der Waals surface area contributed by atoms with Crippen LogP contribution in [0.2, 0.25) is 10.0 Å². The molecule has 29 heavy (non-hydrogen) atoms. The van der Waals surface area contributed by atoms with Crippen LogP contribution in [0.15, 0.2) is 59.5 Å². The van der Waals surface area contributed by atoms with Crippen molar-refractivity contribution in [2.45, 2.75) is 4.90 Å². The van der Waals surface area contributed by atoms with E-state index in [0.29, 0.717) is 16.3 Å². The molecule has 1 amide bonds. The number of sulfonamides is 1. The Balaban J connectivity index is 2.14. The monoisotopic (exact) mass is 452 g/mol. The number of carboxylic acid groups (broad SMARTS) is 1. The van der Waals surface area contributed by atoms with E-state index in [0.717, 1.165) is 4.31 Å². The molecule has 0 heterocycles. The third kappa shape index (κ3) is 4.45. The Morgan fingerprint density at radius 2 is 1.52 bits per heavy atom. The van der Waals surface area contributed by atoms with Gasteiger partial charge >= 0.3 is 5.97 Å². The number of nitrogens with two attached hydrogens (primary N) is 1. The maximum atomic E-state index is 13.1. The van der Waals surface area contributed by atoms with E-state index in [9.17, 15) is 23.1 Å². The number of anilines is 1. The summed E-state index contributed by atoms with van der Waals surface area (Å²) < 4.78 is 27.0. The molecule has 3 aromatic carbocycles. The zero-order chi connectivity index (χ0) is 21.3. The number of carbonyl (C=O) groups excluding carboxylic acids is 1. The van der Waals surface area contributed by atoms with Crippen molar-refractivity contribution in [1.29, 1.82) is 0 Å². The van der Waals surface area contributed by atoms with Crippen LogP contribution in [0.4, 0.5) is 5.69 Å². The quantitative estimate of drug-likeness (QED) is 0.592. The molecule has 0 saturated carbocycles. The SMILES string of the molecule is NC(=O)c1ccc2cc(N(CC(=O)O)S(=O)(=O)c3cc(Cl)cc(Cl)c3)ccc2c1. The van der Waals surface area contributed by atoms with Gasteiger partial charge in [0.25, 0.3) is 10.0 Å². The Hall–Kier alpha value is -2.81. The fourth-order valence-corrected chi connectivity index (χ4v) is 4.92. The highest BCUT2D eigenvalue weighted by molar-refractivity contribution is 7.92. The van der Waals surface area contributed by atoms with Crippen LogP contribution in [0.3, 0.4) is 0 Å². The molecule has 0 fully saturated rings. The highest BCUT2D eigenvalue weighted by Crippen LogP contribution is 2.30. The highest BCUT2D eigenvalue weighted by atomic mass is 35.5. The van der Waals surface area contributed by atoms with Gasteiger partial charge in [0.1, 0.15) is 6.54 Å². The van der Waals surface area contributed by atoms with Crippen molar-refractivity contribution in [3.8, 4) is 0 Å². The Morgan fingerprint density at radius 3 is 2.10 bits per heavy atom. The molecular weight excluding hydrogens is 439 g/mol. The number of carboxylic acids is 1. The van der Waals surface area contributed by atoms with Gasteiger partial charge in [-0.05, 0) is 53.2 Å². The zero-order valence-corrected chi connectivity index (χ0v) is 17.0. The topological polar surface area (TPSA) is 118 Å². The van der Waals surface area contributed by atoms with E-state index in [1.54, 1.807) is 18.2 Å². The normalized spacial score (nSPS) is 11.4. The summed E-state index contributed by atoms with van der Waals surface area (Å²) in [5, 5.41) is 10.7. The first-order valence-corrected chi connectivity index (χ1v) is 10.3. The molecule has 0 atom stereocenters. The minimum absolute atomic E-state index is 0.101. The van der Waals surface area contributed by atoms with Crippen LogP contribution in [0, 0.1) is 0 Å². The van der Waals surface area contributed by atoms with Crippen LogP contribution < -0.4 is 10.0 Å². The van der Waals surface area contributed by atoms with Gasteiger partial charge in [0.05, 0.1) is 10.6 Å². The molecule has 3 aromatic rings. The molecule has 10 heteroatoms. The summed E-state index contributed by atoms with van der Waals surface area (Å²) in [5.74, 6) is -1.94. The molecule has 0 aliphatic rings. The first kappa shape index (κ1) is 20.9. The summed E-state index contributed by atoms with van der Waals surface area (Å²) in [7, 11) is -4.27. The van der Waals surface area contributed by atoms with Gasteiger partial charge in [-0.2, -0.15) is 0 Å². The predicted molar refractivity (Wildman–Crippen MR) is 111 cm³/mol. The van der Waals surface area contributed by atoms with Crippen molar-refractivity contribution in [1.82, 2.24) is 0 Å². The number of primary amides is 1. The van der Waals surface area contributed by atoms with Crippen molar-refractivity contribution < 1.29 is 23.1 Å². The summed E-state index contributed by atoms with van der Waals surface area (Å²) in [5.41, 5.74) is 5.70. The minimum atomic E-state index is -4.27. The molecule has 0 unspecified atom stereocenters. The largest absolute Gasteiger partial charge is 0.480 e. The number of aliphatic carboxylic acids is 1. The Kier molecular flexibility index (Phi) is 5.70. The van der Waals surface area contributed by atoms with Crippen molar-refractivity contribution >= 4 is 61.6 Å². The van der Waals surface area contributed by atoms with E-state index >= 15 is 0 Å². The van der Waals surface area contributed by atoms with Crippen LogP contribution in [0.5, 0.6) is 0 Å². The maximum absolute atomic E-state index is 13.1. The zero-order valence-electron chi connectivity index (χ0n) is 14.7. The molecule has 0 spiro atoms. The predicted octanol–water partition coefficient (Wildman–Crippen LogP) is 3.53. The lowest BCUT2D eigenvalue weighted by atomic mass is 10.1. The van der Waals surface area contributed by atoms with Crippen molar-refractivity contribution in [3.05, 3.63) is 70.2 Å². The van der Waals surface area contributed by atoms with E-state index in [1.807, 2.05) is 0 Å². The Morgan fingerprint density at radius 1 is 0.931 bits per heavy atom. The average Bonchev–Trinajstić information content (AvgIpc) is 2.64. The number of halogens is 2. The molecule has 3 N–H and O–H groups in total. The first-order chi connectivity index (χ1) is 13.6. The second-order valence-electron chi connectivity index (χ2n) is 6.12. The van der Waals surface area contributed by atoms with E-state index in [-0.39, 0.29) is 20.6 Å². The lowest BCUT2D eigenvalue weighted by Gasteiger charge is -2.23. The maximum Gasteiger partial charge on any atom is 0.324 e. The highest BCUT2D eigenvalue weighted by Gasteiger charge is 2.28. The molecule has 7 nitrogen and oxygen atoms in total. The van der Waals surface area contributed by atoms with Crippen LogP contribution in [-0.4, -0.2) is 31.9 Å². The molecule has 0 radical (unpaired) electrons. The molecule has 150 valence electrons. The first-order valence-electron chi connectivity index (χ1n) is 8.12. The van der Waals surface area contributed by atoms with Gasteiger partial charge in [-0.1, -0.05) is 35.3 Å². The standard InChI is InChI=1S/C19H14Cl2N2O5S/c20-14-7-15(21)9-17(8-14)29(27,28)23(10-18(24)25)16-4-3-11-5-13(19(22)26)2-1-12(11)6-16/h1-9H,10H2,(H2,22,26)(H,24,25). The van der Waals surface area contributed by atoms with Crippen molar-refractivity contribution in [2.75, 3.05) is 10.8 Å². The summed E-state index contributed by atoms with van der Waals surface area (Å²) in [6.45, 7) is -0.808. The van der Waals surface area contributed by atoms with Gasteiger partial charge in [-0.15, -0.1) is 0 Å². The number of hydrogen-bond acceptors (Lipinski definition) is 4. The Bertz CT molecular complexity index is 1220. The van der Waals surface area contributed by atoms with Crippen molar-refractivity contribution in [3.63, 3.8) is 0 Å². The molecule has 0 aromatic heterocycles. The fourth-order valence-electron chi connectivity index (χ4n) is 2.78. The summed E-state index contributed by atoms with van der Waals surface area (Å²) in [4.78, 5) is 22.5. The third-order valence-electron chi connectivity index (χ3n) is 4.10. The smallest absolute Gasteiger partial charge is 0.324 e. The number of rotatable bonds is 6. The van der Waals surface area contributed by atoms with E-state index < -0.39 is 28.4 Å². The molecule has 0 aliphatic heterocycles. The van der Waals surface area contributed by atoms with E-state index in [1.165, 1.54) is 36.4 Å². The number of fused-ring (bicyclic) bond motifs is 1. The average molecular weight is 453 g/mol. The number of amides is 1. The molecule has 3 rings (SSSR count). The van der Waals surface area contributed by atoms with E-state index in [2.05, 4.69) is 0 Å². The third-order valence-corrected chi connectivity index (χ3v) is 6.29. The summed E-state index contributed by atoms with van der Waals surface area (Å²) in [6.07, 6.45) is 0. The van der Waals surface area contributed by atoms with E-state index in [4.69, 9.17) is 28.9 Å². The molecule has 0 saturated heterocycles. The number of carbonyl (C=O) groups is 2. The molecule has 0 aliphatic carbocycles. The fraction of sp³-hybridized carbons (Fsp3) is 0.0526. The van der Waals surface area contributed by atoms with Gasteiger partial charge in [0.2, 0.25) is 5.91 Å². The number of hydrogen-bond donors (Lipinski definition) is 2. The van der Waals surface area contributed by atoms with Gasteiger partial charge in [-0.3, -0.25) is 13.9 Å². The van der Waals surface area contributed by atoms with Crippen LogP contribution in [0.25, 0.3) is 10.8 Å². The minimum Gasteiger partial charge on any atom is -0.480 e. The van der Waals surface area contributed by atoms with Gasteiger partial charge in [0.15, 0.2) is 0 Å². The van der Waals surface area contributed by atoms with Crippen LogP contribution >= 0.6 is 23.2 Å². The second kappa shape index (κ2) is 7.90. The number of benzene rings is 3.